The zero-order valence-electron chi connectivity index (χ0n) is 12.2. The van der Waals surface area contributed by atoms with E-state index in [0.717, 1.165) is 31.6 Å². The molecule has 1 aromatic rings. The van der Waals surface area contributed by atoms with Crippen LogP contribution in [0.25, 0.3) is 0 Å². The molecule has 1 atom stereocenters. The molecular weight excluding hydrogens is 222 g/mol. The summed E-state index contributed by atoms with van der Waals surface area (Å²) >= 11 is 0. The van der Waals surface area contributed by atoms with Gasteiger partial charge in [-0.15, -0.1) is 0 Å². The SMILES string of the molecule is CCCOc1ccc(CCC(N)C(C)(C)C)cc1. The summed E-state index contributed by atoms with van der Waals surface area (Å²) in [6.45, 7) is 9.48. The summed E-state index contributed by atoms with van der Waals surface area (Å²) in [7, 11) is 0. The summed E-state index contributed by atoms with van der Waals surface area (Å²) in [6.07, 6.45) is 3.10. The molecule has 1 rings (SSSR count). The molecule has 0 aliphatic rings. The van der Waals surface area contributed by atoms with Crippen LogP contribution in [-0.2, 0) is 6.42 Å². The minimum Gasteiger partial charge on any atom is -0.494 e. The standard InChI is InChI=1S/C16H27NO/c1-5-12-18-14-9-6-13(7-10-14)8-11-15(17)16(2,3)4/h6-7,9-10,15H,5,8,11-12,17H2,1-4H3. The average Bonchev–Trinajstić information content (AvgIpc) is 2.33. The molecule has 2 heteroatoms. The summed E-state index contributed by atoms with van der Waals surface area (Å²) in [5, 5.41) is 0. The fourth-order valence-electron chi connectivity index (χ4n) is 1.73. The van der Waals surface area contributed by atoms with Gasteiger partial charge in [-0.3, -0.25) is 0 Å². The maximum absolute atomic E-state index is 6.17. The molecule has 0 radical (unpaired) electrons. The van der Waals surface area contributed by atoms with Crippen LogP contribution in [0.4, 0.5) is 0 Å². The first-order chi connectivity index (χ1) is 8.43. The van der Waals surface area contributed by atoms with E-state index in [1.54, 1.807) is 0 Å². The van der Waals surface area contributed by atoms with Gasteiger partial charge < -0.3 is 10.5 Å². The van der Waals surface area contributed by atoms with Crippen molar-refractivity contribution in [2.24, 2.45) is 11.1 Å². The van der Waals surface area contributed by atoms with Gasteiger partial charge in [0, 0.05) is 6.04 Å². The van der Waals surface area contributed by atoms with Gasteiger partial charge in [-0.2, -0.15) is 0 Å². The van der Waals surface area contributed by atoms with Crippen LogP contribution < -0.4 is 10.5 Å². The minimum atomic E-state index is 0.185. The number of benzene rings is 1. The molecule has 0 aliphatic heterocycles. The first kappa shape index (κ1) is 15.0. The summed E-state index contributed by atoms with van der Waals surface area (Å²) in [5.74, 6) is 0.959. The van der Waals surface area contributed by atoms with Crippen LogP contribution in [0.5, 0.6) is 5.75 Å². The van der Waals surface area contributed by atoms with E-state index in [-0.39, 0.29) is 11.5 Å². The summed E-state index contributed by atoms with van der Waals surface area (Å²) in [4.78, 5) is 0. The molecule has 0 aromatic heterocycles. The van der Waals surface area contributed by atoms with Gasteiger partial charge in [0.25, 0.3) is 0 Å². The number of ether oxygens (including phenoxy) is 1. The maximum atomic E-state index is 6.17. The van der Waals surface area contributed by atoms with Crippen molar-refractivity contribution in [1.29, 1.82) is 0 Å². The van der Waals surface area contributed by atoms with Crippen LogP contribution in [0.15, 0.2) is 24.3 Å². The van der Waals surface area contributed by atoms with Crippen molar-refractivity contribution >= 4 is 0 Å². The fourth-order valence-corrected chi connectivity index (χ4v) is 1.73. The van der Waals surface area contributed by atoms with E-state index in [1.807, 2.05) is 12.1 Å². The Morgan fingerprint density at radius 2 is 1.78 bits per heavy atom. The van der Waals surface area contributed by atoms with E-state index in [1.165, 1.54) is 5.56 Å². The molecule has 2 nitrogen and oxygen atoms in total. The molecule has 0 amide bonds. The highest BCUT2D eigenvalue weighted by molar-refractivity contribution is 5.27. The van der Waals surface area contributed by atoms with Gasteiger partial charge in [0.05, 0.1) is 6.61 Å². The maximum Gasteiger partial charge on any atom is 0.119 e. The van der Waals surface area contributed by atoms with Gasteiger partial charge in [-0.05, 0) is 42.4 Å². The Morgan fingerprint density at radius 1 is 1.17 bits per heavy atom. The monoisotopic (exact) mass is 249 g/mol. The highest BCUT2D eigenvalue weighted by atomic mass is 16.5. The lowest BCUT2D eigenvalue weighted by Gasteiger charge is -2.27. The molecule has 1 aromatic carbocycles. The van der Waals surface area contributed by atoms with Gasteiger partial charge in [-0.25, -0.2) is 0 Å². The molecule has 0 saturated carbocycles. The van der Waals surface area contributed by atoms with Crippen molar-refractivity contribution in [2.45, 2.75) is 53.0 Å². The Hall–Kier alpha value is -1.02. The second-order valence-corrected chi connectivity index (χ2v) is 6.00. The molecule has 0 spiro atoms. The summed E-state index contributed by atoms with van der Waals surface area (Å²) in [5.41, 5.74) is 7.69. The van der Waals surface area contributed by atoms with Crippen LogP contribution in [0.1, 0.15) is 46.1 Å². The molecule has 1 unspecified atom stereocenters. The molecule has 0 bridgehead atoms. The number of nitrogens with two attached hydrogens (primary N) is 1. The predicted octanol–water partition coefficient (Wildman–Crippen LogP) is 3.78. The molecule has 0 aliphatic carbocycles. The van der Waals surface area contributed by atoms with Gasteiger partial charge in [-0.1, -0.05) is 39.8 Å². The van der Waals surface area contributed by atoms with Gasteiger partial charge in [0.1, 0.15) is 5.75 Å². The zero-order chi connectivity index (χ0) is 13.6. The first-order valence-corrected chi connectivity index (χ1v) is 6.91. The lowest BCUT2D eigenvalue weighted by molar-refractivity contribution is 0.305. The van der Waals surface area contributed by atoms with E-state index in [9.17, 15) is 0 Å². The summed E-state index contributed by atoms with van der Waals surface area (Å²) < 4.78 is 5.57. The van der Waals surface area contributed by atoms with Crippen LogP contribution in [0.2, 0.25) is 0 Å². The van der Waals surface area contributed by atoms with Crippen LogP contribution >= 0.6 is 0 Å². The van der Waals surface area contributed by atoms with E-state index in [4.69, 9.17) is 10.5 Å². The molecule has 0 heterocycles. The second-order valence-electron chi connectivity index (χ2n) is 6.00. The van der Waals surface area contributed by atoms with Gasteiger partial charge in [0.2, 0.25) is 0 Å². The minimum absolute atomic E-state index is 0.185. The Morgan fingerprint density at radius 3 is 2.28 bits per heavy atom. The van der Waals surface area contributed by atoms with E-state index in [2.05, 4.69) is 39.8 Å². The second kappa shape index (κ2) is 6.79. The van der Waals surface area contributed by atoms with Crippen LogP contribution in [-0.4, -0.2) is 12.6 Å². The lowest BCUT2D eigenvalue weighted by Crippen LogP contribution is -2.35. The smallest absolute Gasteiger partial charge is 0.119 e. The third-order valence-electron chi connectivity index (χ3n) is 3.25. The number of aryl methyl sites for hydroxylation is 1. The predicted molar refractivity (Wildman–Crippen MR) is 78.0 cm³/mol. The van der Waals surface area contributed by atoms with Crippen LogP contribution in [0.3, 0.4) is 0 Å². The fraction of sp³-hybridized carbons (Fsp3) is 0.625. The van der Waals surface area contributed by atoms with Crippen molar-refractivity contribution in [3.8, 4) is 5.75 Å². The Labute approximate surface area is 112 Å². The van der Waals surface area contributed by atoms with Gasteiger partial charge >= 0.3 is 0 Å². The topological polar surface area (TPSA) is 35.2 Å². The molecule has 2 N–H and O–H groups in total. The third-order valence-corrected chi connectivity index (χ3v) is 3.25. The Balaban J connectivity index is 2.44. The Kier molecular flexibility index (Phi) is 5.67. The molecule has 18 heavy (non-hydrogen) atoms. The Bertz CT molecular complexity index is 337. The quantitative estimate of drug-likeness (QED) is 0.832. The first-order valence-electron chi connectivity index (χ1n) is 6.91. The lowest BCUT2D eigenvalue weighted by atomic mass is 9.84. The van der Waals surface area contributed by atoms with Crippen molar-refractivity contribution in [3.63, 3.8) is 0 Å². The van der Waals surface area contributed by atoms with Crippen molar-refractivity contribution in [1.82, 2.24) is 0 Å². The number of hydrogen-bond acceptors (Lipinski definition) is 2. The third kappa shape index (κ3) is 5.09. The summed E-state index contributed by atoms with van der Waals surface area (Å²) in [6, 6.07) is 8.62. The van der Waals surface area contributed by atoms with Crippen molar-refractivity contribution < 1.29 is 4.74 Å². The van der Waals surface area contributed by atoms with Crippen LogP contribution in [0, 0.1) is 5.41 Å². The highest BCUT2D eigenvalue weighted by Gasteiger charge is 2.19. The van der Waals surface area contributed by atoms with E-state index < -0.39 is 0 Å². The molecule has 0 fully saturated rings. The average molecular weight is 249 g/mol. The van der Waals surface area contributed by atoms with Crippen molar-refractivity contribution in [3.05, 3.63) is 29.8 Å². The van der Waals surface area contributed by atoms with Crippen molar-refractivity contribution in [2.75, 3.05) is 6.61 Å². The highest BCUT2D eigenvalue weighted by Crippen LogP contribution is 2.22. The number of hydrogen-bond donors (Lipinski definition) is 1. The van der Waals surface area contributed by atoms with E-state index in [0.29, 0.717) is 0 Å². The molecule has 102 valence electrons. The number of rotatable bonds is 6. The molecule has 0 saturated heterocycles. The zero-order valence-corrected chi connectivity index (χ0v) is 12.2. The molecular formula is C16H27NO. The largest absolute Gasteiger partial charge is 0.494 e. The van der Waals surface area contributed by atoms with E-state index >= 15 is 0 Å². The van der Waals surface area contributed by atoms with Gasteiger partial charge in [0.15, 0.2) is 0 Å². The normalized spacial score (nSPS) is 13.4.